The molecule has 0 saturated heterocycles. The van der Waals surface area contributed by atoms with E-state index in [1.54, 1.807) is 0 Å². The first-order valence-corrected chi connectivity index (χ1v) is 8.78. The maximum absolute atomic E-state index is 12.4. The second-order valence-electron chi connectivity index (χ2n) is 6.22. The third kappa shape index (κ3) is 5.50. The van der Waals surface area contributed by atoms with Crippen LogP contribution in [0.3, 0.4) is 0 Å². The fraction of sp³-hybridized carbons (Fsp3) is 0.381. The van der Waals surface area contributed by atoms with Crippen LogP contribution in [0, 0.1) is 0 Å². The largest absolute Gasteiger partial charge is 0.349 e. The highest BCUT2D eigenvalue weighted by molar-refractivity contribution is 5.94. The molecule has 0 aliphatic carbocycles. The number of amides is 1. The van der Waals surface area contributed by atoms with Gasteiger partial charge in [0.05, 0.1) is 0 Å². The van der Waals surface area contributed by atoms with E-state index >= 15 is 0 Å². The number of carbonyl (C=O) groups is 1. The molecule has 0 bridgehead atoms. The Kier molecular flexibility index (Phi) is 7.01. The first kappa shape index (κ1) is 18.2. The minimum atomic E-state index is -0.00665. The lowest BCUT2D eigenvalue weighted by atomic mass is 10.1. The van der Waals surface area contributed by atoms with Crippen LogP contribution in [0.2, 0.25) is 0 Å². The van der Waals surface area contributed by atoms with Crippen LogP contribution in [-0.2, 0) is 13.0 Å². The van der Waals surface area contributed by atoms with Crippen molar-refractivity contribution in [3.8, 4) is 0 Å². The smallest absolute Gasteiger partial charge is 0.251 e. The normalized spacial score (nSPS) is 12.2. The van der Waals surface area contributed by atoms with Gasteiger partial charge in [0.25, 0.3) is 5.91 Å². The topological polar surface area (TPSA) is 32.3 Å². The van der Waals surface area contributed by atoms with E-state index < -0.39 is 0 Å². The van der Waals surface area contributed by atoms with Gasteiger partial charge in [-0.05, 0) is 49.7 Å². The minimum absolute atomic E-state index is 0.00665. The molecule has 2 aromatic carbocycles. The molecule has 1 unspecified atom stereocenters. The summed E-state index contributed by atoms with van der Waals surface area (Å²) in [5.74, 6) is -0.00665. The van der Waals surface area contributed by atoms with Gasteiger partial charge in [-0.3, -0.25) is 9.69 Å². The van der Waals surface area contributed by atoms with Crippen molar-refractivity contribution < 1.29 is 4.79 Å². The van der Waals surface area contributed by atoms with Crippen molar-refractivity contribution in [2.75, 3.05) is 13.1 Å². The van der Waals surface area contributed by atoms with Crippen molar-refractivity contribution >= 4 is 5.91 Å². The Labute approximate surface area is 145 Å². The van der Waals surface area contributed by atoms with E-state index in [0.717, 1.165) is 31.6 Å². The Morgan fingerprint density at radius 1 is 0.958 bits per heavy atom. The molecule has 128 valence electrons. The average Bonchev–Trinajstić information content (AvgIpc) is 2.60. The van der Waals surface area contributed by atoms with Gasteiger partial charge in [-0.25, -0.2) is 0 Å². The van der Waals surface area contributed by atoms with Crippen molar-refractivity contribution in [1.82, 2.24) is 10.2 Å². The van der Waals surface area contributed by atoms with Crippen molar-refractivity contribution in [1.29, 1.82) is 0 Å². The molecule has 24 heavy (non-hydrogen) atoms. The van der Waals surface area contributed by atoms with Crippen LogP contribution in [0.15, 0.2) is 54.6 Å². The molecule has 2 aromatic rings. The van der Waals surface area contributed by atoms with Crippen LogP contribution in [-0.4, -0.2) is 29.9 Å². The Morgan fingerprint density at radius 2 is 1.58 bits per heavy atom. The molecule has 0 saturated carbocycles. The quantitative estimate of drug-likeness (QED) is 0.799. The van der Waals surface area contributed by atoms with E-state index in [1.807, 2.05) is 37.3 Å². The lowest BCUT2D eigenvalue weighted by Crippen LogP contribution is -2.34. The summed E-state index contributed by atoms with van der Waals surface area (Å²) in [7, 11) is 0. The molecule has 3 heteroatoms. The minimum Gasteiger partial charge on any atom is -0.349 e. The van der Waals surface area contributed by atoms with Gasteiger partial charge in [-0.15, -0.1) is 0 Å². The van der Waals surface area contributed by atoms with Crippen LogP contribution < -0.4 is 5.32 Å². The number of nitrogens with one attached hydrogen (secondary N) is 1. The number of hydrogen-bond donors (Lipinski definition) is 1. The van der Waals surface area contributed by atoms with E-state index in [0.29, 0.717) is 0 Å². The zero-order valence-corrected chi connectivity index (χ0v) is 15.0. The molecular formula is C21H28N2O. The van der Waals surface area contributed by atoms with Gasteiger partial charge in [-0.1, -0.05) is 56.3 Å². The highest BCUT2D eigenvalue weighted by Crippen LogP contribution is 2.09. The average molecular weight is 324 g/mol. The monoisotopic (exact) mass is 324 g/mol. The standard InChI is InChI=1S/C21H28N2O/c1-4-23(5-2)16-19-11-13-20(14-12-19)21(24)22-17(3)15-18-9-7-6-8-10-18/h6-14,17H,4-5,15-16H2,1-3H3,(H,22,24). The Morgan fingerprint density at radius 3 is 2.17 bits per heavy atom. The summed E-state index contributed by atoms with van der Waals surface area (Å²) in [5, 5.41) is 3.08. The highest BCUT2D eigenvalue weighted by atomic mass is 16.1. The van der Waals surface area contributed by atoms with Gasteiger partial charge in [-0.2, -0.15) is 0 Å². The summed E-state index contributed by atoms with van der Waals surface area (Å²) in [6, 6.07) is 18.3. The molecule has 0 aliphatic rings. The molecular weight excluding hydrogens is 296 g/mol. The van der Waals surface area contributed by atoms with Gasteiger partial charge in [0, 0.05) is 18.2 Å². The molecule has 1 atom stereocenters. The molecule has 0 aromatic heterocycles. The molecule has 0 spiro atoms. The fourth-order valence-electron chi connectivity index (χ4n) is 2.79. The predicted octanol–water partition coefficient (Wildman–Crippen LogP) is 3.89. The second kappa shape index (κ2) is 9.24. The zero-order chi connectivity index (χ0) is 17.4. The van der Waals surface area contributed by atoms with E-state index in [-0.39, 0.29) is 11.9 Å². The third-order valence-corrected chi connectivity index (χ3v) is 4.28. The van der Waals surface area contributed by atoms with Crippen LogP contribution in [0.4, 0.5) is 0 Å². The van der Waals surface area contributed by atoms with E-state index in [2.05, 4.69) is 48.3 Å². The van der Waals surface area contributed by atoms with Crippen LogP contribution in [0.5, 0.6) is 0 Å². The Hall–Kier alpha value is -2.13. The number of benzene rings is 2. The number of hydrogen-bond acceptors (Lipinski definition) is 2. The molecule has 0 fully saturated rings. The van der Waals surface area contributed by atoms with Gasteiger partial charge in [0.1, 0.15) is 0 Å². The molecule has 1 N–H and O–H groups in total. The summed E-state index contributed by atoms with van der Waals surface area (Å²) < 4.78 is 0. The molecule has 0 aliphatic heterocycles. The van der Waals surface area contributed by atoms with E-state index in [1.165, 1.54) is 11.1 Å². The Balaban J connectivity index is 1.90. The highest BCUT2D eigenvalue weighted by Gasteiger charge is 2.10. The van der Waals surface area contributed by atoms with Crippen molar-refractivity contribution in [2.24, 2.45) is 0 Å². The fourth-order valence-corrected chi connectivity index (χ4v) is 2.79. The Bertz CT molecular complexity index is 618. The molecule has 2 rings (SSSR count). The van der Waals surface area contributed by atoms with Crippen LogP contribution >= 0.6 is 0 Å². The maximum atomic E-state index is 12.4. The summed E-state index contributed by atoms with van der Waals surface area (Å²) in [6.45, 7) is 9.38. The van der Waals surface area contributed by atoms with Crippen molar-refractivity contribution in [3.05, 3.63) is 71.3 Å². The predicted molar refractivity (Wildman–Crippen MR) is 100 cm³/mol. The van der Waals surface area contributed by atoms with Crippen LogP contribution in [0.1, 0.15) is 42.3 Å². The summed E-state index contributed by atoms with van der Waals surface area (Å²) in [6.07, 6.45) is 0.840. The number of nitrogens with zero attached hydrogens (tertiary/aromatic N) is 1. The second-order valence-corrected chi connectivity index (χ2v) is 6.22. The molecule has 1 amide bonds. The first-order valence-electron chi connectivity index (χ1n) is 8.78. The molecule has 3 nitrogen and oxygen atoms in total. The van der Waals surface area contributed by atoms with E-state index in [9.17, 15) is 4.79 Å². The summed E-state index contributed by atoms with van der Waals surface area (Å²) in [5.41, 5.74) is 3.20. The molecule has 0 radical (unpaired) electrons. The third-order valence-electron chi connectivity index (χ3n) is 4.28. The number of carbonyl (C=O) groups excluding carboxylic acids is 1. The van der Waals surface area contributed by atoms with Crippen molar-refractivity contribution in [2.45, 2.75) is 39.8 Å². The van der Waals surface area contributed by atoms with Crippen molar-refractivity contribution in [3.63, 3.8) is 0 Å². The SMILES string of the molecule is CCN(CC)Cc1ccc(C(=O)NC(C)Cc2ccccc2)cc1. The van der Waals surface area contributed by atoms with Gasteiger partial charge in [0.15, 0.2) is 0 Å². The maximum Gasteiger partial charge on any atom is 0.251 e. The summed E-state index contributed by atoms with van der Waals surface area (Å²) >= 11 is 0. The van der Waals surface area contributed by atoms with Gasteiger partial charge in [0.2, 0.25) is 0 Å². The molecule has 0 heterocycles. The lowest BCUT2D eigenvalue weighted by molar-refractivity contribution is 0.0940. The lowest BCUT2D eigenvalue weighted by Gasteiger charge is -2.18. The number of rotatable bonds is 8. The van der Waals surface area contributed by atoms with E-state index in [4.69, 9.17) is 0 Å². The van der Waals surface area contributed by atoms with Gasteiger partial charge < -0.3 is 5.32 Å². The zero-order valence-electron chi connectivity index (χ0n) is 15.0. The van der Waals surface area contributed by atoms with Crippen LogP contribution in [0.25, 0.3) is 0 Å². The van der Waals surface area contributed by atoms with Gasteiger partial charge >= 0.3 is 0 Å². The first-order chi connectivity index (χ1) is 11.6. The summed E-state index contributed by atoms with van der Waals surface area (Å²) in [4.78, 5) is 14.7.